The van der Waals surface area contributed by atoms with Crippen LogP contribution in [0, 0.1) is 0 Å². The fraction of sp³-hybridized carbons (Fsp3) is 0.400. The Labute approximate surface area is 113 Å². The van der Waals surface area contributed by atoms with Gasteiger partial charge < -0.3 is 9.84 Å². The van der Waals surface area contributed by atoms with Crippen LogP contribution in [0.5, 0.6) is 0 Å². The quantitative estimate of drug-likeness (QED) is 0.868. The lowest BCUT2D eigenvalue weighted by Gasteiger charge is -2.15. The fourth-order valence-electron chi connectivity index (χ4n) is 2.01. The molecular formula is C15H20N2O2. The minimum Gasteiger partial charge on any atom is -0.387 e. The molecule has 4 heteroatoms. The van der Waals surface area contributed by atoms with Crippen LogP contribution < -0.4 is 0 Å². The molecule has 2 atom stereocenters. The van der Waals surface area contributed by atoms with Crippen LogP contribution in [-0.2, 0) is 4.74 Å². The summed E-state index contributed by atoms with van der Waals surface area (Å²) in [7, 11) is 1.69. The third-order valence-corrected chi connectivity index (χ3v) is 3.26. The van der Waals surface area contributed by atoms with Crippen molar-refractivity contribution in [3.63, 3.8) is 0 Å². The Balaban J connectivity index is 2.11. The lowest BCUT2D eigenvalue weighted by Crippen LogP contribution is -2.11. The maximum absolute atomic E-state index is 10.3. The van der Waals surface area contributed by atoms with Crippen molar-refractivity contribution in [3.8, 4) is 5.69 Å². The molecule has 1 heterocycles. The van der Waals surface area contributed by atoms with Crippen LogP contribution in [-0.4, -0.2) is 28.1 Å². The third kappa shape index (κ3) is 3.43. The van der Waals surface area contributed by atoms with Crippen LogP contribution in [0.4, 0.5) is 0 Å². The summed E-state index contributed by atoms with van der Waals surface area (Å²) in [6, 6.07) is 11.7. The van der Waals surface area contributed by atoms with Gasteiger partial charge in [0.1, 0.15) is 0 Å². The van der Waals surface area contributed by atoms with E-state index in [1.54, 1.807) is 18.0 Å². The summed E-state index contributed by atoms with van der Waals surface area (Å²) < 4.78 is 6.98. The van der Waals surface area contributed by atoms with Gasteiger partial charge in [0.2, 0.25) is 0 Å². The van der Waals surface area contributed by atoms with Crippen LogP contribution in [0.15, 0.2) is 42.6 Å². The molecule has 0 saturated carbocycles. The van der Waals surface area contributed by atoms with E-state index in [0.29, 0.717) is 6.42 Å². The zero-order valence-corrected chi connectivity index (χ0v) is 11.4. The SMILES string of the molecule is COC(C)CCC(O)c1ccnn1-c1ccccc1. The molecule has 0 bridgehead atoms. The molecule has 2 unspecified atom stereocenters. The number of hydrogen-bond donors (Lipinski definition) is 1. The number of ether oxygens (including phenoxy) is 1. The Hall–Kier alpha value is -1.65. The molecule has 0 saturated heterocycles. The molecule has 0 aliphatic heterocycles. The zero-order chi connectivity index (χ0) is 13.7. The van der Waals surface area contributed by atoms with Gasteiger partial charge in [-0.2, -0.15) is 5.10 Å². The summed E-state index contributed by atoms with van der Waals surface area (Å²) in [6.45, 7) is 2.00. The van der Waals surface area contributed by atoms with E-state index in [0.717, 1.165) is 17.8 Å². The fourth-order valence-corrected chi connectivity index (χ4v) is 2.01. The first-order valence-corrected chi connectivity index (χ1v) is 6.52. The molecule has 4 nitrogen and oxygen atoms in total. The number of benzene rings is 1. The number of nitrogens with zero attached hydrogens (tertiary/aromatic N) is 2. The molecule has 0 aliphatic carbocycles. The molecule has 1 aromatic heterocycles. The van der Waals surface area contributed by atoms with E-state index in [4.69, 9.17) is 4.74 Å². The van der Waals surface area contributed by atoms with Crippen LogP contribution in [0.25, 0.3) is 5.69 Å². The number of aromatic nitrogens is 2. The molecule has 0 amide bonds. The highest BCUT2D eigenvalue weighted by Gasteiger charge is 2.15. The average molecular weight is 260 g/mol. The summed E-state index contributed by atoms with van der Waals surface area (Å²) >= 11 is 0. The van der Waals surface area contributed by atoms with E-state index >= 15 is 0 Å². The van der Waals surface area contributed by atoms with Crippen molar-refractivity contribution in [2.75, 3.05) is 7.11 Å². The van der Waals surface area contributed by atoms with Crippen molar-refractivity contribution >= 4 is 0 Å². The first-order chi connectivity index (χ1) is 9.22. The van der Waals surface area contributed by atoms with Crippen molar-refractivity contribution in [1.29, 1.82) is 0 Å². The highest BCUT2D eigenvalue weighted by Crippen LogP contribution is 2.22. The van der Waals surface area contributed by atoms with Gasteiger partial charge in [0.15, 0.2) is 0 Å². The smallest absolute Gasteiger partial charge is 0.0962 e. The second-order valence-electron chi connectivity index (χ2n) is 4.64. The number of aliphatic hydroxyl groups excluding tert-OH is 1. The molecule has 0 fully saturated rings. The Morgan fingerprint density at radius 3 is 2.63 bits per heavy atom. The Bertz CT molecular complexity index is 496. The summed E-state index contributed by atoms with van der Waals surface area (Å²) in [5.41, 5.74) is 1.77. The molecule has 0 aliphatic rings. The first kappa shape index (κ1) is 13.8. The van der Waals surface area contributed by atoms with E-state index in [2.05, 4.69) is 5.10 Å². The second kappa shape index (κ2) is 6.50. The van der Waals surface area contributed by atoms with E-state index in [-0.39, 0.29) is 6.10 Å². The van der Waals surface area contributed by atoms with Gasteiger partial charge in [-0.1, -0.05) is 18.2 Å². The summed E-state index contributed by atoms with van der Waals surface area (Å²) in [5.74, 6) is 0. The first-order valence-electron chi connectivity index (χ1n) is 6.52. The van der Waals surface area contributed by atoms with Gasteiger partial charge in [-0.25, -0.2) is 4.68 Å². The van der Waals surface area contributed by atoms with Gasteiger partial charge in [-0.3, -0.25) is 0 Å². The van der Waals surface area contributed by atoms with Gasteiger partial charge in [0.25, 0.3) is 0 Å². The molecule has 102 valence electrons. The maximum atomic E-state index is 10.3. The summed E-state index contributed by atoms with van der Waals surface area (Å²) in [4.78, 5) is 0. The van der Waals surface area contributed by atoms with Gasteiger partial charge in [0.05, 0.1) is 23.6 Å². The van der Waals surface area contributed by atoms with Crippen LogP contribution in [0.2, 0.25) is 0 Å². The molecular weight excluding hydrogens is 240 g/mol. The summed E-state index contributed by atoms with van der Waals surface area (Å²) in [5, 5.41) is 14.6. The zero-order valence-electron chi connectivity index (χ0n) is 11.4. The van der Waals surface area contributed by atoms with Crippen LogP contribution in [0.1, 0.15) is 31.6 Å². The monoisotopic (exact) mass is 260 g/mol. The van der Waals surface area contributed by atoms with Crippen molar-refractivity contribution in [1.82, 2.24) is 9.78 Å². The predicted molar refractivity (Wildman–Crippen MR) is 74.2 cm³/mol. The van der Waals surface area contributed by atoms with E-state index in [9.17, 15) is 5.11 Å². The second-order valence-corrected chi connectivity index (χ2v) is 4.64. The third-order valence-electron chi connectivity index (χ3n) is 3.26. The lowest BCUT2D eigenvalue weighted by molar-refractivity contribution is 0.0832. The van der Waals surface area contributed by atoms with Crippen molar-refractivity contribution in [2.45, 2.75) is 32.0 Å². The topological polar surface area (TPSA) is 47.3 Å². The normalized spacial score (nSPS) is 14.3. The number of aliphatic hydroxyl groups is 1. The number of rotatable bonds is 6. The Morgan fingerprint density at radius 2 is 1.95 bits per heavy atom. The number of hydrogen-bond acceptors (Lipinski definition) is 3. The van der Waals surface area contributed by atoms with E-state index in [1.807, 2.05) is 43.3 Å². The van der Waals surface area contributed by atoms with E-state index < -0.39 is 6.10 Å². The molecule has 1 N–H and O–H groups in total. The van der Waals surface area contributed by atoms with Gasteiger partial charge >= 0.3 is 0 Å². The largest absolute Gasteiger partial charge is 0.387 e. The minimum atomic E-state index is -0.527. The number of para-hydroxylation sites is 1. The lowest BCUT2D eigenvalue weighted by atomic mass is 10.1. The highest BCUT2D eigenvalue weighted by molar-refractivity contribution is 5.32. The van der Waals surface area contributed by atoms with Crippen molar-refractivity contribution in [3.05, 3.63) is 48.3 Å². The van der Waals surface area contributed by atoms with E-state index in [1.165, 1.54) is 0 Å². The number of methoxy groups -OCH3 is 1. The van der Waals surface area contributed by atoms with Gasteiger partial charge in [0, 0.05) is 13.3 Å². The molecule has 2 rings (SSSR count). The molecule has 19 heavy (non-hydrogen) atoms. The van der Waals surface area contributed by atoms with Gasteiger partial charge in [-0.05, 0) is 38.0 Å². The summed E-state index contributed by atoms with van der Waals surface area (Å²) in [6.07, 6.45) is 2.82. The maximum Gasteiger partial charge on any atom is 0.0962 e. The van der Waals surface area contributed by atoms with Gasteiger partial charge in [-0.15, -0.1) is 0 Å². The predicted octanol–water partition coefficient (Wildman–Crippen LogP) is 2.72. The Morgan fingerprint density at radius 1 is 1.21 bits per heavy atom. The highest BCUT2D eigenvalue weighted by atomic mass is 16.5. The van der Waals surface area contributed by atoms with Crippen molar-refractivity contribution in [2.24, 2.45) is 0 Å². The Kier molecular flexibility index (Phi) is 4.71. The minimum absolute atomic E-state index is 0.155. The molecule has 2 aromatic rings. The molecule has 0 spiro atoms. The average Bonchev–Trinajstić information content (AvgIpc) is 2.94. The standard InChI is InChI=1S/C15H20N2O2/c1-12(19-2)8-9-15(18)14-10-11-16-17(14)13-6-4-3-5-7-13/h3-7,10-12,15,18H,8-9H2,1-2H3. The van der Waals surface area contributed by atoms with Crippen LogP contribution in [0.3, 0.4) is 0 Å². The van der Waals surface area contributed by atoms with Crippen LogP contribution >= 0.6 is 0 Å². The van der Waals surface area contributed by atoms with Crippen molar-refractivity contribution < 1.29 is 9.84 Å². The molecule has 0 radical (unpaired) electrons. The molecule has 1 aromatic carbocycles.